The molecule has 6 nitrogen and oxygen atoms in total. The van der Waals surface area contributed by atoms with Gasteiger partial charge < -0.3 is 10.5 Å². The molecule has 0 aromatic carbocycles. The number of nitrogens with zero attached hydrogens (tertiary/aromatic N) is 2. The lowest BCUT2D eigenvalue weighted by Crippen LogP contribution is -2.12. The third-order valence-corrected chi connectivity index (χ3v) is 2.26. The second kappa shape index (κ2) is 4.23. The maximum Gasteiger partial charge on any atom is 0.223 e. The molecule has 0 saturated heterocycles. The number of hydrogen-bond donors (Lipinski definition) is 1. The summed E-state index contributed by atoms with van der Waals surface area (Å²) >= 11 is 0. The van der Waals surface area contributed by atoms with Crippen molar-refractivity contribution in [3.63, 3.8) is 0 Å². The van der Waals surface area contributed by atoms with Gasteiger partial charge in [0.15, 0.2) is 9.84 Å². The van der Waals surface area contributed by atoms with E-state index in [2.05, 4.69) is 9.97 Å². The zero-order chi connectivity index (χ0) is 10.6. The molecule has 1 aromatic rings. The fourth-order valence-corrected chi connectivity index (χ4v) is 1.12. The van der Waals surface area contributed by atoms with Crippen LogP contribution in [0.4, 0.5) is 5.95 Å². The standard InChI is InChI=1S/C7H11N3O3S/c1-14(11,12)5-4-13-6-2-3-9-7(8)10-6/h2-3H,4-5H2,1H3,(H2,8,9,10). The number of rotatable bonds is 4. The van der Waals surface area contributed by atoms with Gasteiger partial charge in [-0.1, -0.05) is 0 Å². The number of anilines is 1. The highest BCUT2D eigenvalue weighted by atomic mass is 32.2. The Morgan fingerprint density at radius 1 is 1.57 bits per heavy atom. The highest BCUT2D eigenvalue weighted by molar-refractivity contribution is 7.90. The van der Waals surface area contributed by atoms with Crippen LogP contribution in [-0.4, -0.2) is 37.0 Å². The Morgan fingerprint density at radius 2 is 2.29 bits per heavy atom. The minimum atomic E-state index is -3.00. The van der Waals surface area contributed by atoms with Gasteiger partial charge in [-0.05, 0) is 0 Å². The fourth-order valence-electron chi connectivity index (χ4n) is 0.734. The average molecular weight is 217 g/mol. The molecule has 2 N–H and O–H groups in total. The predicted octanol–water partition coefficient (Wildman–Crippen LogP) is -0.518. The molecule has 1 aromatic heterocycles. The summed E-state index contributed by atoms with van der Waals surface area (Å²) in [6, 6.07) is 1.51. The molecule has 0 aliphatic heterocycles. The van der Waals surface area contributed by atoms with Crippen molar-refractivity contribution in [2.45, 2.75) is 0 Å². The van der Waals surface area contributed by atoms with E-state index in [0.29, 0.717) is 0 Å². The van der Waals surface area contributed by atoms with E-state index in [-0.39, 0.29) is 24.2 Å². The molecule has 1 heterocycles. The second-order valence-corrected chi connectivity index (χ2v) is 4.99. The lowest BCUT2D eigenvalue weighted by atomic mass is 10.6. The first-order chi connectivity index (χ1) is 6.47. The van der Waals surface area contributed by atoms with Gasteiger partial charge in [0.05, 0.1) is 5.75 Å². The van der Waals surface area contributed by atoms with Crippen molar-refractivity contribution < 1.29 is 13.2 Å². The monoisotopic (exact) mass is 217 g/mol. The van der Waals surface area contributed by atoms with E-state index in [1.165, 1.54) is 12.3 Å². The van der Waals surface area contributed by atoms with Gasteiger partial charge in [0.1, 0.15) is 6.61 Å². The maximum atomic E-state index is 10.8. The maximum absolute atomic E-state index is 10.8. The molecule has 0 unspecified atom stereocenters. The Bertz CT molecular complexity index is 404. The van der Waals surface area contributed by atoms with Crippen molar-refractivity contribution in [2.24, 2.45) is 0 Å². The van der Waals surface area contributed by atoms with Crippen LogP contribution in [0.2, 0.25) is 0 Å². The summed E-state index contributed by atoms with van der Waals surface area (Å²) in [6.45, 7) is 0.0648. The van der Waals surface area contributed by atoms with E-state index in [1.54, 1.807) is 0 Å². The first-order valence-corrected chi connectivity index (χ1v) is 5.92. The molecule has 0 atom stereocenters. The molecule has 14 heavy (non-hydrogen) atoms. The van der Waals surface area contributed by atoms with Gasteiger partial charge in [0.2, 0.25) is 11.8 Å². The number of nitrogen functional groups attached to an aromatic ring is 1. The summed E-state index contributed by atoms with van der Waals surface area (Å²) < 4.78 is 26.6. The molecule has 1 rings (SSSR count). The number of sulfone groups is 1. The van der Waals surface area contributed by atoms with Crippen LogP contribution in [0.25, 0.3) is 0 Å². The van der Waals surface area contributed by atoms with Crippen molar-refractivity contribution in [3.05, 3.63) is 12.3 Å². The topological polar surface area (TPSA) is 95.2 Å². The summed E-state index contributed by atoms with van der Waals surface area (Å²) in [7, 11) is -3.00. The summed E-state index contributed by atoms with van der Waals surface area (Å²) in [4.78, 5) is 7.41. The molecule has 0 fully saturated rings. The molecule has 0 spiro atoms. The van der Waals surface area contributed by atoms with Gasteiger partial charge in [-0.2, -0.15) is 4.98 Å². The van der Waals surface area contributed by atoms with Crippen LogP contribution in [0.1, 0.15) is 0 Å². The summed E-state index contributed by atoms with van der Waals surface area (Å²) in [5.74, 6) is 0.333. The Labute approximate surface area is 82.0 Å². The Balaban J connectivity index is 2.47. The summed E-state index contributed by atoms with van der Waals surface area (Å²) in [5, 5.41) is 0. The molecule has 7 heteroatoms. The second-order valence-electron chi connectivity index (χ2n) is 2.73. The van der Waals surface area contributed by atoms with Crippen molar-refractivity contribution in [3.8, 4) is 5.88 Å². The van der Waals surface area contributed by atoms with Gasteiger partial charge in [-0.15, -0.1) is 0 Å². The SMILES string of the molecule is CS(=O)(=O)CCOc1ccnc(N)n1. The fraction of sp³-hybridized carbons (Fsp3) is 0.429. The molecule has 0 amide bonds. The van der Waals surface area contributed by atoms with E-state index in [0.717, 1.165) is 6.26 Å². The first-order valence-electron chi connectivity index (χ1n) is 3.86. The smallest absolute Gasteiger partial charge is 0.223 e. The molecule has 0 radical (unpaired) electrons. The van der Waals surface area contributed by atoms with Crippen LogP contribution >= 0.6 is 0 Å². The number of aromatic nitrogens is 2. The van der Waals surface area contributed by atoms with E-state index in [4.69, 9.17) is 10.5 Å². The Hall–Kier alpha value is -1.37. The molecule has 0 aliphatic rings. The summed E-state index contributed by atoms with van der Waals surface area (Å²) in [6.07, 6.45) is 2.59. The molecule has 0 saturated carbocycles. The molecule has 0 aliphatic carbocycles. The lowest BCUT2D eigenvalue weighted by Gasteiger charge is -2.03. The molecular weight excluding hydrogens is 206 g/mol. The highest BCUT2D eigenvalue weighted by Crippen LogP contribution is 2.05. The quantitative estimate of drug-likeness (QED) is 0.729. The zero-order valence-electron chi connectivity index (χ0n) is 7.67. The van der Waals surface area contributed by atoms with E-state index < -0.39 is 9.84 Å². The normalized spacial score (nSPS) is 11.2. The van der Waals surface area contributed by atoms with Gasteiger partial charge in [-0.25, -0.2) is 13.4 Å². The Kier molecular flexibility index (Phi) is 3.23. The minimum Gasteiger partial charge on any atom is -0.476 e. The van der Waals surface area contributed by atoms with Crippen LogP contribution in [-0.2, 0) is 9.84 Å². The van der Waals surface area contributed by atoms with Crippen LogP contribution in [0.3, 0.4) is 0 Å². The molecule has 0 bridgehead atoms. The predicted molar refractivity (Wildman–Crippen MR) is 51.7 cm³/mol. The van der Waals surface area contributed by atoms with Gasteiger partial charge in [-0.3, -0.25) is 0 Å². The van der Waals surface area contributed by atoms with Crippen molar-refractivity contribution >= 4 is 15.8 Å². The molecule has 78 valence electrons. The third-order valence-electron chi connectivity index (χ3n) is 1.35. The Morgan fingerprint density at radius 3 is 2.86 bits per heavy atom. The van der Waals surface area contributed by atoms with Gasteiger partial charge in [0, 0.05) is 18.5 Å². The van der Waals surface area contributed by atoms with Crippen molar-refractivity contribution in [1.29, 1.82) is 0 Å². The van der Waals surface area contributed by atoms with E-state index >= 15 is 0 Å². The van der Waals surface area contributed by atoms with Crippen LogP contribution in [0.15, 0.2) is 12.3 Å². The third kappa shape index (κ3) is 4.04. The van der Waals surface area contributed by atoms with Gasteiger partial charge >= 0.3 is 0 Å². The number of hydrogen-bond acceptors (Lipinski definition) is 6. The van der Waals surface area contributed by atoms with Crippen LogP contribution in [0.5, 0.6) is 5.88 Å². The minimum absolute atomic E-state index is 0.0447. The molecular formula is C7H11N3O3S. The summed E-state index contributed by atoms with van der Waals surface area (Å²) in [5.41, 5.74) is 5.30. The number of nitrogens with two attached hydrogens (primary N) is 1. The zero-order valence-corrected chi connectivity index (χ0v) is 8.49. The van der Waals surface area contributed by atoms with Crippen molar-refractivity contribution in [1.82, 2.24) is 9.97 Å². The first kappa shape index (κ1) is 10.7. The van der Waals surface area contributed by atoms with Crippen molar-refractivity contribution in [2.75, 3.05) is 24.3 Å². The van der Waals surface area contributed by atoms with E-state index in [1.807, 2.05) is 0 Å². The van der Waals surface area contributed by atoms with Crippen LogP contribution in [0, 0.1) is 0 Å². The largest absolute Gasteiger partial charge is 0.476 e. The van der Waals surface area contributed by atoms with E-state index in [9.17, 15) is 8.42 Å². The highest BCUT2D eigenvalue weighted by Gasteiger charge is 2.03. The number of ether oxygens (including phenoxy) is 1. The van der Waals surface area contributed by atoms with Gasteiger partial charge in [0.25, 0.3) is 0 Å². The van der Waals surface area contributed by atoms with Crippen LogP contribution < -0.4 is 10.5 Å². The average Bonchev–Trinajstić information content (AvgIpc) is 2.01. The lowest BCUT2D eigenvalue weighted by molar-refractivity contribution is 0.328.